The van der Waals surface area contributed by atoms with Crippen molar-refractivity contribution in [1.82, 2.24) is 0 Å². The Balaban J connectivity index is 2.73. The predicted octanol–water partition coefficient (Wildman–Crippen LogP) is 2.97. The van der Waals surface area contributed by atoms with E-state index in [1.165, 1.54) is 51.1 Å². The molecule has 0 aliphatic rings. The molecule has 0 heterocycles. The molecule has 1 N–H and O–H groups in total. The quantitative estimate of drug-likeness (QED) is 0.438. The SMILES string of the molecule is OCCCCCCCCCCP. The fourth-order valence-electron chi connectivity index (χ4n) is 1.32. The Morgan fingerprint density at radius 3 is 1.50 bits per heavy atom. The summed E-state index contributed by atoms with van der Waals surface area (Å²) < 4.78 is 0. The van der Waals surface area contributed by atoms with Crippen LogP contribution in [-0.2, 0) is 0 Å². The molecule has 1 unspecified atom stereocenters. The van der Waals surface area contributed by atoms with Gasteiger partial charge < -0.3 is 5.11 Å². The van der Waals surface area contributed by atoms with Crippen LogP contribution < -0.4 is 0 Å². The first-order chi connectivity index (χ1) is 5.91. The number of aliphatic hydroxyl groups excluding tert-OH is 1. The van der Waals surface area contributed by atoms with Crippen LogP contribution in [0.15, 0.2) is 0 Å². The Bertz CT molecular complexity index is 66.2. The molecule has 1 atom stereocenters. The van der Waals surface area contributed by atoms with Crippen molar-refractivity contribution in [3.63, 3.8) is 0 Å². The van der Waals surface area contributed by atoms with Crippen LogP contribution in [0.2, 0.25) is 0 Å². The van der Waals surface area contributed by atoms with E-state index in [2.05, 4.69) is 9.24 Å². The summed E-state index contributed by atoms with van der Waals surface area (Å²) in [6, 6.07) is 0. The van der Waals surface area contributed by atoms with Crippen molar-refractivity contribution in [3.05, 3.63) is 0 Å². The Morgan fingerprint density at radius 1 is 0.667 bits per heavy atom. The Kier molecular flexibility index (Phi) is 11.8. The van der Waals surface area contributed by atoms with Crippen molar-refractivity contribution in [3.8, 4) is 0 Å². The minimum Gasteiger partial charge on any atom is -0.396 e. The average molecular weight is 190 g/mol. The lowest BCUT2D eigenvalue weighted by Gasteiger charge is -1.99. The maximum absolute atomic E-state index is 8.54. The molecule has 12 heavy (non-hydrogen) atoms. The molecule has 1 nitrogen and oxygen atoms in total. The van der Waals surface area contributed by atoms with E-state index in [1.54, 1.807) is 0 Å². The van der Waals surface area contributed by atoms with Crippen molar-refractivity contribution >= 4 is 9.24 Å². The van der Waals surface area contributed by atoms with Crippen LogP contribution in [0, 0.1) is 0 Å². The largest absolute Gasteiger partial charge is 0.396 e. The van der Waals surface area contributed by atoms with Crippen LogP contribution in [0.25, 0.3) is 0 Å². The molecule has 0 saturated heterocycles. The molecular formula is C10H23OP. The second-order valence-corrected chi connectivity index (χ2v) is 3.92. The normalized spacial score (nSPS) is 10.5. The zero-order valence-electron chi connectivity index (χ0n) is 8.10. The molecule has 0 fully saturated rings. The summed E-state index contributed by atoms with van der Waals surface area (Å²) in [5.74, 6) is 0. The monoisotopic (exact) mass is 190 g/mol. The highest BCUT2D eigenvalue weighted by atomic mass is 31.0. The van der Waals surface area contributed by atoms with Gasteiger partial charge in [-0.1, -0.05) is 38.5 Å². The van der Waals surface area contributed by atoms with Gasteiger partial charge in [0.15, 0.2) is 0 Å². The first-order valence-corrected chi connectivity index (χ1v) is 6.04. The van der Waals surface area contributed by atoms with Gasteiger partial charge >= 0.3 is 0 Å². The molecule has 0 spiro atoms. The van der Waals surface area contributed by atoms with E-state index in [4.69, 9.17) is 5.11 Å². The summed E-state index contributed by atoms with van der Waals surface area (Å²) in [4.78, 5) is 0. The average Bonchev–Trinajstić information content (AvgIpc) is 2.10. The third-order valence-corrected chi connectivity index (χ3v) is 2.52. The Hall–Kier alpha value is 0.390. The minimum atomic E-state index is 0.368. The highest BCUT2D eigenvalue weighted by Gasteiger charge is 1.90. The third-order valence-electron chi connectivity index (χ3n) is 2.11. The molecule has 0 aliphatic carbocycles. The lowest BCUT2D eigenvalue weighted by Crippen LogP contribution is -1.84. The maximum atomic E-state index is 8.54. The fourth-order valence-corrected chi connectivity index (χ4v) is 1.61. The molecule has 0 aliphatic heterocycles. The first-order valence-electron chi connectivity index (χ1n) is 5.22. The molecule has 0 saturated carbocycles. The van der Waals surface area contributed by atoms with E-state index in [-0.39, 0.29) is 0 Å². The van der Waals surface area contributed by atoms with Crippen molar-refractivity contribution in [1.29, 1.82) is 0 Å². The van der Waals surface area contributed by atoms with Crippen molar-refractivity contribution in [2.75, 3.05) is 12.8 Å². The summed E-state index contributed by atoms with van der Waals surface area (Å²) >= 11 is 0. The number of unbranched alkanes of at least 4 members (excludes halogenated alkanes) is 7. The van der Waals surface area contributed by atoms with Gasteiger partial charge in [-0.05, 0) is 19.0 Å². The van der Waals surface area contributed by atoms with E-state index >= 15 is 0 Å². The van der Waals surface area contributed by atoms with E-state index in [0.717, 1.165) is 6.42 Å². The molecule has 0 rings (SSSR count). The summed E-state index contributed by atoms with van der Waals surface area (Å²) in [7, 11) is 2.77. The molecule has 0 aromatic heterocycles. The molecular weight excluding hydrogens is 167 g/mol. The predicted molar refractivity (Wildman–Crippen MR) is 58.6 cm³/mol. The van der Waals surface area contributed by atoms with Crippen LogP contribution in [0.1, 0.15) is 51.4 Å². The van der Waals surface area contributed by atoms with Crippen LogP contribution in [0.5, 0.6) is 0 Å². The number of hydrogen-bond acceptors (Lipinski definition) is 1. The highest BCUT2D eigenvalue weighted by molar-refractivity contribution is 7.16. The summed E-state index contributed by atoms with van der Waals surface area (Å²) in [5, 5.41) is 8.54. The standard InChI is InChI=1S/C10H23OP/c11-9-7-5-3-1-2-4-6-8-10-12/h11H,1-10,12H2. The first kappa shape index (κ1) is 12.4. The second-order valence-electron chi connectivity index (χ2n) is 3.34. The Morgan fingerprint density at radius 2 is 1.08 bits per heavy atom. The smallest absolute Gasteiger partial charge is 0.0431 e. The summed E-state index contributed by atoms with van der Waals surface area (Å²) in [6.07, 6.45) is 11.7. The summed E-state index contributed by atoms with van der Waals surface area (Å²) in [5.41, 5.74) is 0. The molecule has 74 valence electrons. The number of hydrogen-bond donors (Lipinski definition) is 1. The maximum Gasteiger partial charge on any atom is 0.0431 e. The number of aliphatic hydroxyl groups is 1. The van der Waals surface area contributed by atoms with Gasteiger partial charge in [0.2, 0.25) is 0 Å². The van der Waals surface area contributed by atoms with Gasteiger partial charge in [0, 0.05) is 6.61 Å². The van der Waals surface area contributed by atoms with E-state index in [0.29, 0.717) is 6.61 Å². The topological polar surface area (TPSA) is 20.2 Å². The van der Waals surface area contributed by atoms with Crippen LogP contribution in [0.4, 0.5) is 0 Å². The van der Waals surface area contributed by atoms with Gasteiger partial charge in [0.05, 0.1) is 0 Å². The molecule has 0 aromatic carbocycles. The van der Waals surface area contributed by atoms with Gasteiger partial charge in [-0.15, -0.1) is 9.24 Å². The van der Waals surface area contributed by atoms with E-state index in [9.17, 15) is 0 Å². The Labute approximate surface area is 79.1 Å². The van der Waals surface area contributed by atoms with Crippen LogP contribution in [0.3, 0.4) is 0 Å². The minimum absolute atomic E-state index is 0.368. The van der Waals surface area contributed by atoms with Crippen molar-refractivity contribution < 1.29 is 5.11 Å². The van der Waals surface area contributed by atoms with Crippen molar-refractivity contribution in [2.45, 2.75) is 51.4 Å². The zero-order chi connectivity index (χ0) is 9.07. The lowest BCUT2D eigenvalue weighted by atomic mass is 10.1. The zero-order valence-corrected chi connectivity index (χ0v) is 9.25. The third kappa shape index (κ3) is 10.4. The van der Waals surface area contributed by atoms with Gasteiger partial charge in [0.25, 0.3) is 0 Å². The molecule has 0 bridgehead atoms. The fraction of sp³-hybridized carbons (Fsp3) is 1.00. The number of rotatable bonds is 9. The second kappa shape index (κ2) is 11.4. The molecule has 0 amide bonds. The van der Waals surface area contributed by atoms with Gasteiger partial charge in [0.1, 0.15) is 0 Å². The van der Waals surface area contributed by atoms with Gasteiger partial charge in [-0.25, -0.2) is 0 Å². The van der Waals surface area contributed by atoms with Crippen LogP contribution >= 0.6 is 9.24 Å². The summed E-state index contributed by atoms with van der Waals surface area (Å²) in [6.45, 7) is 0.368. The van der Waals surface area contributed by atoms with Crippen LogP contribution in [-0.4, -0.2) is 17.9 Å². The molecule has 2 heteroatoms. The van der Waals surface area contributed by atoms with Gasteiger partial charge in [-0.3, -0.25) is 0 Å². The van der Waals surface area contributed by atoms with E-state index in [1.807, 2.05) is 0 Å². The van der Waals surface area contributed by atoms with Gasteiger partial charge in [-0.2, -0.15) is 0 Å². The molecule has 0 radical (unpaired) electrons. The van der Waals surface area contributed by atoms with E-state index < -0.39 is 0 Å². The molecule has 0 aromatic rings. The van der Waals surface area contributed by atoms with Crippen molar-refractivity contribution in [2.24, 2.45) is 0 Å². The lowest BCUT2D eigenvalue weighted by molar-refractivity contribution is 0.282. The highest BCUT2D eigenvalue weighted by Crippen LogP contribution is 2.08.